The minimum atomic E-state index is 0.671. The highest BCUT2D eigenvalue weighted by molar-refractivity contribution is 4.85. The second-order valence-electron chi connectivity index (χ2n) is 5.54. The van der Waals surface area contributed by atoms with Crippen LogP contribution < -0.4 is 5.32 Å². The number of nitrogens with one attached hydrogen (secondary N) is 1. The molecule has 0 aromatic rings. The summed E-state index contributed by atoms with van der Waals surface area (Å²) in [5.74, 6) is 0.989. The monoisotopic (exact) mass is 240 g/mol. The summed E-state index contributed by atoms with van der Waals surface area (Å²) >= 11 is 0. The lowest BCUT2D eigenvalue weighted by atomic mass is 9.84. The van der Waals surface area contributed by atoms with Crippen molar-refractivity contribution in [3.8, 4) is 0 Å². The Bertz CT molecular complexity index is 189. The van der Waals surface area contributed by atoms with E-state index in [2.05, 4.69) is 38.0 Å². The third kappa shape index (κ3) is 4.26. The zero-order chi connectivity index (χ0) is 12.7. The second-order valence-corrected chi connectivity index (χ2v) is 5.54. The first-order valence-corrected chi connectivity index (χ1v) is 7.68. The standard InChI is InChI=1S/C15H32N2/c1-5-9-14(16-4)15(6-2)17(7-3)12-13-10-8-11-13/h13-16H,5-12H2,1-4H3. The maximum Gasteiger partial charge on any atom is 0.0246 e. The van der Waals surface area contributed by atoms with Crippen molar-refractivity contribution in [1.82, 2.24) is 10.2 Å². The van der Waals surface area contributed by atoms with E-state index in [-0.39, 0.29) is 0 Å². The van der Waals surface area contributed by atoms with Crippen molar-refractivity contribution in [2.24, 2.45) is 5.92 Å². The molecular formula is C15H32N2. The van der Waals surface area contributed by atoms with Crippen LogP contribution in [0.1, 0.15) is 59.3 Å². The Morgan fingerprint density at radius 3 is 2.29 bits per heavy atom. The molecule has 0 heterocycles. The van der Waals surface area contributed by atoms with Crippen LogP contribution in [0.5, 0.6) is 0 Å². The zero-order valence-electron chi connectivity index (χ0n) is 12.3. The molecule has 1 aliphatic carbocycles. The van der Waals surface area contributed by atoms with Crippen LogP contribution in [0.3, 0.4) is 0 Å². The number of hydrogen-bond acceptors (Lipinski definition) is 2. The van der Waals surface area contributed by atoms with Gasteiger partial charge in [0.1, 0.15) is 0 Å². The maximum atomic E-state index is 3.54. The van der Waals surface area contributed by atoms with E-state index >= 15 is 0 Å². The molecule has 0 aromatic carbocycles. The van der Waals surface area contributed by atoms with E-state index in [9.17, 15) is 0 Å². The molecule has 1 rings (SSSR count). The van der Waals surface area contributed by atoms with Crippen LogP contribution in [-0.2, 0) is 0 Å². The largest absolute Gasteiger partial charge is 0.315 e. The van der Waals surface area contributed by atoms with E-state index < -0.39 is 0 Å². The lowest BCUT2D eigenvalue weighted by molar-refractivity contribution is 0.109. The molecule has 0 bridgehead atoms. The Labute approximate surface area is 108 Å². The highest BCUT2D eigenvalue weighted by Crippen LogP contribution is 2.28. The number of nitrogens with zero attached hydrogens (tertiary/aromatic N) is 1. The molecule has 2 unspecified atom stereocenters. The van der Waals surface area contributed by atoms with Gasteiger partial charge in [-0.15, -0.1) is 0 Å². The van der Waals surface area contributed by atoms with Gasteiger partial charge in [0.05, 0.1) is 0 Å². The minimum Gasteiger partial charge on any atom is -0.315 e. The summed E-state index contributed by atoms with van der Waals surface area (Å²) in [6, 6.07) is 1.40. The predicted molar refractivity (Wildman–Crippen MR) is 76.4 cm³/mol. The van der Waals surface area contributed by atoms with Crippen molar-refractivity contribution in [2.75, 3.05) is 20.1 Å². The molecule has 0 saturated heterocycles. The summed E-state index contributed by atoms with van der Waals surface area (Å²) in [5.41, 5.74) is 0. The van der Waals surface area contributed by atoms with Gasteiger partial charge < -0.3 is 5.32 Å². The molecule has 2 nitrogen and oxygen atoms in total. The van der Waals surface area contributed by atoms with Crippen molar-refractivity contribution in [2.45, 2.75) is 71.4 Å². The Morgan fingerprint density at radius 1 is 1.24 bits per heavy atom. The molecular weight excluding hydrogens is 208 g/mol. The second kappa shape index (κ2) is 8.10. The van der Waals surface area contributed by atoms with Gasteiger partial charge in [0, 0.05) is 18.6 Å². The molecule has 0 radical (unpaired) electrons. The van der Waals surface area contributed by atoms with Crippen molar-refractivity contribution < 1.29 is 0 Å². The highest BCUT2D eigenvalue weighted by atomic mass is 15.2. The fourth-order valence-electron chi connectivity index (χ4n) is 3.14. The first-order valence-electron chi connectivity index (χ1n) is 7.68. The van der Waals surface area contributed by atoms with Crippen molar-refractivity contribution in [1.29, 1.82) is 0 Å². The smallest absolute Gasteiger partial charge is 0.0246 e. The summed E-state index contributed by atoms with van der Waals surface area (Å²) in [6.07, 6.45) is 8.24. The van der Waals surface area contributed by atoms with Crippen LogP contribution in [0, 0.1) is 5.92 Å². The summed E-state index contributed by atoms with van der Waals surface area (Å²) in [7, 11) is 2.13. The van der Waals surface area contributed by atoms with Gasteiger partial charge in [-0.3, -0.25) is 4.90 Å². The Morgan fingerprint density at radius 2 is 1.94 bits per heavy atom. The summed E-state index contributed by atoms with van der Waals surface area (Å²) in [5, 5.41) is 3.54. The first kappa shape index (κ1) is 15.0. The van der Waals surface area contributed by atoms with Gasteiger partial charge in [0.15, 0.2) is 0 Å². The number of rotatable bonds is 9. The molecule has 0 aliphatic heterocycles. The van der Waals surface area contributed by atoms with E-state index in [1.54, 1.807) is 0 Å². The van der Waals surface area contributed by atoms with E-state index in [4.69, 9.17) is 0 Å². The fourth-order valence-corrected chi connectivity index (χ4v) is 3.14. The highest BCUT2D eigenvalue weighted by Gasteiger charge is 2.27. The van der Waals surface area contributed by atoms with Gasteiger partial charge in [-0.2, -0.15) is 0 Å². The molecule has 0 aromatic heterocycles. The Balaban J connectivity index is 2.52. The molecule has 1 saturated carbocycles. The van der Waals surface area contributed by atoms with Gasteiger partial charge in [-0.05, 0) is 45.2 Å². The predicted octanol–water partition coefficient (Wildman–Crippen LogP) is 3.28. The van der Waals surface area contributed by atoms with Crippen LogP contribution in [0.2, 0.25) is 0 Å². The van der Waals surface area contributed by atoms with Gasteiger partial charge in [0.2, 0.25) is 0 Å². The number of likely N-dealkylation sites (N-methyl/N-ethyl adjacent to an activating group) is 2. The Kier molecular flexibility index (Phi) is 7.14. The normalized spacial score (nSPS) is 20.3. The van der Waals surface area contributed by atoms with Gasteiger partial charge in [-0.25, -0.2) is 0 Å². The molecule has 1 aliphatic rings. The summed E-state index contributed by atoms with van der Waals surface area (Å²) in [4.78, 5) is 2.72. The van der Waals surface area contributed by atoms with E-state index in [1.165, 1.54) is 51.6 Å². The van der Waals surface area contributed by atoms with Crippen LogP contribution in [0.15, 0.2) is 0 Å². The van der Waals surface area contributed by atoms with Crippen molar-refractivity contribution >= 4 is 0 Å². The SMILES string of the molecule is CCCC(NC)C(CC)N(CC)CC1CCC1. The molecule has 17 heavy (non-hydrogen) atoms. The van der Waals surface area contributed by atoms with Crippen LogP contribution >= 0.6 is 0 Å². The van der Waals surface area contributed by atoms with Gasteiger partial charge in [0.25, 0.3) is 0 Å². The van der Waals surface area contributed by atoms with Crippen molar-refractivity contribution in [3.63, 3.8) is 0 Å². The van der Waals surface area contributed by atoms with E-state index in [0.717, 1.165) is 12.0 Å². The molecule has 0 amide bonds. The average Bonchev–Trinajstić information content (AvgIpc) is 2.30. The lowest BCUT2D eigenvalue weighted by Crippen LogP contribution is -2.50. The summed E-state index contributed by atoms with van der Waals surface area (Å²) in [6.45, 7) is 9.49. The molecule has 1 N–H and O–H groups in total. The van der Waals surface area contributed by atoms with E-state index in [0.29, 0.717) is 6.04 Å². The Hall–Kier alpha value is -0.0800. The third-order valence-corrected chi connectivity index (χ3v) is 4.45. The zero-order valence-corrected chi connectivity index (χ0v) is 12.3. The fraction of sp³-hybridized carbons (Fsp3) is 1.00. The molecule has 0 spiro atoms. The lowest BCUT2D eigenvalue weighted by Gasteiger charge is -2.40. The first-order chi connectivity index (χ1) is 8.26. The quantitative estimate of drug-likeness (QED) is 0.665. The molecule has 2 heteroatoms. The number of hydrogen-bond donors (Lipinski definition) is 1. The van der Waals surface area contributed by atoms with Gasteiger partial charge >= 0.3 is 0 Å². The van der Waals surface area contributed by atoms with E-state index in [1.807, 2.05) is 0 Å². The van der Waals surface area contributed by atoms with Crippen LogP contribution in [-0.4, -0.2) is 37.1 Å². The van der Waals surface area contributed by atoms with Crippen LogP contribution in [0.4, 0.5) is 0 Å². The minimum absolute atomic E-state index is 0.671. The molecule has 1 fully saturated rings. The molecule has 102 valence electrons. The third-order valence-electron chi connectivity index (χ3n) is 4.45. The molecule has 2 atom stereocenters. The average molecular weight is 240 g/mol. The van der Waals surface area contributed by atoms with Gasteiger partial charge in [-0.1, -0.05) is 33.6 Å². The van der Waals surface area contributed by atoms with Crippen LogP contribution in [0.25, 0.3) is 0 Å². The summed E-state index contributed by atoms with van der Waals surface area (Å²) < 4.78 is 0. The maximum absolute atomic E-state index is 3.54. The van der Waals surface area contributed by atoms with Crippen molar-refractivity contribution in [3.05, 3.63) is 0 Å². The topological polar surface area (TPSA) is 15.3 Å².